The number of ether oxygens (including phenoxy) is 3. The van der Waals surface area contributed by atoms with Crippen LogP contribution in [-0.2, 0) is 6.54 Å². The standard InChI is InChI=1S/C13H19NO4/c1-3-14-6-10-4-12-13(18-8-17-12)5-11(10)16-7-9(2)15/h4-5,9,14-15H,3,6-8H2,1-2H3. The fraction of sp³-hybridized carbons (Fsp3) is 0.538. The summed E-state index contributed by atoms with van der Waals surface area (Å²) in [7, 11) is 0. The van der Waals surface area contributed by atoms with Crippen molar-refractivity contribution in [2.45, 2.75) is 26.5 Å². The Balaban J connectivity index is 2.17. The number of hydrogen-bond donors (Lipinski definition) is 2. The minimum atomic E-state index is -0.498. The Bertz CT molecular complexity index is 406. The quantitative estimate of drug-likeness (QED) is 0.800. The Morgan fingerprint density at radius 1 is 1.39 bits per heavy atom. The summed E-state index contributed by atoms with van der Waals surface area (Å²) in [6.07, 6.45) is -0.498. The molecule has 0 amide bonds. The van der Waals surface area contributed by atoms with Crippen molar-refractivity contribution in [2.24, 2.45) is 0 Å². The van der Waals surface area contributed by atoms with Crippen molar-refractivity contribution < 1.29 is 19.3 Å². The lowest BCUT2D eigenvalue weighted by Gasteiger charge is -2.14. The van der Waals surface area contributed by atoms with E-state index in [1.54, 1.807) is 6.92 Å². The van der Waals surface area contributed by atoms with Crippen LogP contribution in [0, 0.1) is 0 Å². The molecular formula is C13H19NO4. The first-order chi connectivity index (χ1) is 8.70. The van der Waals surface area contributed by atoms with Crippen LogP contribution in [0.4, 0.5) is 0 Å². The Kier molecular flexibility index (Phi) is 4.28. The van der Waals surface area contributed by atoms with Gasteiger partial charge < -0.3 is 24.6 Å². The molecule has 2 rings (SSSR count). The van der Waals surface area contributed by atoms with Gasteiger partial charge in [-0.2, -0.15) is 0 Å². The minimum absolute atomic E-state index is 0.246. The van der Waals surface area contributed by atoms with Crippen molar-refractivity contribution in [3.63, 3.8) is 0 Å². The Labute approximate surface area is 107 Å². The van der Waals surface area contributed by atoms with Gasteiger partial charge in [0.1, 0.15) is 12.4 Å². The van der Waals surface area contributed by atoms with Gasteiger partial charge in [0.15, 0.2) is 11.5 Å². The zero-order valence-electron chi connectivity index (χ0n) is 10.7. The van der Waals surface area contributed by atoms with E-state index in [1.165, 1.54) is 0 Å². The summed E-state index contributed by atoms with van der Waals surface area (Å²) < 4.78 is 16.3. The fourth-order valence-electron chi connectivity index (χ4n) is 1.71. The molecule has 0 saturated carbocycles. The van der Waals surface area contributed by atoms with Crippen molar-refractivity contribution >= 4 is 0 Å². The van der Waals surface area contributed by atoms with Gasteiger partial charge in [0, 0.05) is 18.2 Å². The first-order valence-electron chi connectivity index (χ1n) is 6.14. The van der Waals surface area contributed by atoms with Crippen LogP contribution in [-0.4, -0.2) is 31.2 Å². The van der Waals surface area contributed by atoms with Crippen LogP contribution in [0.1, 0.15) is 19.4 Å². The molecule has 0 aliphatic carbocycles. The third-order valence-corrected chi connectivity index (χ3v) is 2.60. The molecule has 1 unspecified atom stereocenters. The van der Waals surface area contributed by atoms with E-state index >= 15 is 0 Å². The maximum Gasteiger partial charge on any atom is 0.231 e. The molecule has 18 heavy (non-hydrogen) atoms. The van der Waals surface area contributed by atoms with E-state index in [1.807, 2.05) is 19.1 Å². The zero-order chi connectivity index (χ0) is 13.0. The highest BCUT2D eigenvalue weighted by Gasteiger charge is 2.18. The topological polar surface area (TPSA) is 60.0 Å². The van der Waals surface area contributed by atoms with Crippen LogP contribution in [0.5, 0.6) is 17.2 Å². The second-order valence-electron chi connectivity index (χ2n) is 4.25. The highest BCUT2D eigenvalue weighted by molar-refractivity contribution is 5.51. The maximum atomic E-state index is 9.28. The van der Waals surface area contributed by atoms with E-state index in [-0.39, 0.29) is 13.4 Å². The van der Waals surface area contributed by atoms with Crippen molar-refractivity contribution in [2.75, 3.05) is 19.9 Å². The Hall–Kier alpha value is -1.46. The molecule has 0 saturated heterocycles. The molecule has 1 atom stereocenters. The third kappa shape index (κ3) is 3.05. The highest BCUT2D eigenvalue weighted by atomic mass is 16.7. The van der Waals surface area contributed by atoms with Crippen molar-refractivity contribution in [3.8, 4) is 17.2 Å². The summed E-state index contributed by atoms with van der Waals surface area (Å²) in [5.74, 6) is 2.16. The SMILES string of the molecule is CCNCc1cc2c(cc1OCC(C)O)OCO2. The normalized spacial score (nSPS) is 14.6. The van der Waals surface area contributed by atoms with Crippen LogP contribution in [0.2, 0.25) is 0 Å². The molecular weight excluding hydrogens is 234 g/mol. The fourth-order valence-corrected chi connectivity index (χ4v) is 1.71. The van der Waals surface area contributed by atoms with Gasteiger partial charge in [-0.1, -0.05) is 6.92 Å². The van der Waals surface area contributed by atoms with Crippen LogP contribution < -0.4 is 19.5 Å². The number of fused-ring (bicyclic) bond motifs is 1. The van der Waals surface area contributed by atoms with Crippen LogP contribution in [0.25, 0.3) is 0 Å². The van der Waals surface area contributed by atoms with E-state index in [4.69, 9.17) is 14.2 Å². The van der Waals surface area contributed by atoms with Gasteiger partial charge in [0.05, 0.1) is 6.10 Å². The minimum Gasteiger partial charge on any atom is -0.490 e. The van der Waals surface area contributed by atoms with Gasteiger partial charge in [-0.25, -0.2) is 0 Å². The maximum absolute atomic E-state index is 9.28. The smallest absolute Gasteiger partial charge is 0.231 e. The Morgan fingerprint density at radius 2 is 2.11 bits per heavy atom. The summed E-state index contributed by atoms with van der Waals surface area (Å²) in [6, 6.07) is 3.74. The van der Waals surface area contributed by atoms with E-state index in [2.05, 4.69) is 5.32 Å². The van der Waals surface area contributed by atoms with Gasteiger partial charge in [-0.3, -0.25) is 0 Å². The summed E-state index contributed by atoms with van der Waals surface area (Å²) >= 11 is 0. The number of benzene rings is 1. The second kappa shape index (κ2) is 5.93. The summed E-state index contributed by atoms with van der Waals surface area (Å²) in [5.41, 5.74) is 1.00. The summed E-state index contributed by atoms with van der Waals surface area (Å²) in [6.45, 7) is 5.82. The van der Waals surface area contributed by atoms with Gasteiger partial charge in [0.25, 0.3) is 0 Å². The first-order valence-corrected chi connectivity index (χ1v) is 6.14. The molecule has 1 aromatic carbocycles. The number of aliphatic hydroxyl groups excluding tert-OH is 1. The monoisotopic (exact) mass is 253 g/mol. The molecule has 0 radical (unpaired) electrons. The van der Waals surface area contributed by atoms with Gasteiger partial charge in [-0.05, 0) is 19.5 Å². The van der Waals surface area contributed by atoms with E-state index in [0.29, 0.717) is 12.3 Å². The number of nitrogens with one attached hydrogen (secondary N) is 1. The predicted molar refractivity (Wildman–Crippen MR) is 67.1 cm³/mol. The average Bonchev–Trinajstić information content (AvgIpc) is 2.79. The van der Waals surface area contributed by atoms with Gasteiger partial charge >= 0.3 is 0 Å². The van der Waals surface area contributed by atoms with E-state index in [0.717, 1.165) is 23.6 Å². The predicted octanol–water partition coefficient (Wildman–Crippen LogP) is 1.28. The van der Waals surface area contributed by atoms with E-state index in [9.17, 15) is 5.11 Å². The second-order valence-corrected chi connectivity index (χ2v) is 4.25. The molecule has 100 valence electrons. The summed E-state index contributed by atoms with van der Waals surface area (Å²) in [5, 5.41) is 12.5. The van der Waals surface area contributed by atoms with E-state index < -0.39 is 6.10 Å². The molecule has 1 aliphatic rings. The van der Waals surface area contributed by atoms with Crippen LogP contribution in [0.3, 0.4) is 0 Å². The first kappa shape index (κ1) is 13.0. The lowest BCUT2D eigenvalue weighted by atomic mass is 10.1. The Morgan fingerprint density at radius 3 is 2.78 bits per heavy atom. The molecule has 1 aromatic rings. The molecule has 2 N–H and O–H groups in total. The highest BCUT2D eigenvalue weighted by Crippen LogP contribution is 2.38. The van der Waals surface area contributed by atoms with Crippen molar-refractivity contribution in [1.29, 1.82) is 0 Å². The number of hydrogen-bond acceptors (Lipinski definition) is 5. The molecule has 0 fully saturated rings. The molecule has 1 heterocycles. The van der Waals surface area contributed by atoms with Gasteiger partial charge in [-0.15, -0.1) is 0 Å². The molecule has 5 heteroatoms. The van der Waals surface area contributed by atoms with Crippen molar-refractivity contribution in [3.05, 3.63) is 17.7 Å². The van der Waals surface area contributed by atoms with Crippen LogP contribution >= 0.6 is 0 Å². The number of aliphatic hydroxyl groups is 1. The third-order valence-electron chi connectivity index (χ3n) is 2.60. The lowest BCUT2D eigenvalue weighted by Crippen LogP contribution is -2.16. The average molecular weight is 253 g/mol. The zero-order valence-corrected chi connectivity index (χ0v) is 10.7. The largest absolute Gasteiger partial charge is 0.490 e. The molecule has 0 spiro atoms. The van der Waals surface area contributed by atoms with Gasteiger partial charge in [0.2, 0.25) is 6.79 Å². The lowest BCUT2D eigenvalue weighted by molar-refractivity contribution is 0.122. The molecule has 1 aliphatic heterocycles. The summed E-state index contributed by atoms with van der Waals surface area (Å²) in [4.78, 5) is 0. The van der Waals surface area contributed by atoms with Crippen molar-refractivity contribution in [1.82, 2.24) is 5.32 Å². The van der Waals surface area contributed by atoms with Crippen LogP contribution in [0.15, 0.2) is 12.1 Å². The molecule has 5 nitrogen and oxygen atoms in total. The number of rotatable bonds is 6. The molecule has 0 aromatic heterocycles. The molecule has 0 bridgehead atoms.